The van der Waals surface area contributed by atoms with E-state index in [4.69, 9.17) is 4.74 Å². The standard InChI is InChI=1S/C14H19NO4/c1-10(2)9-19-12-5-3-11(4-6-12)14(18)15-8-7-13(16)17/h3-6,10H,7-9H2,1-2H3,(H,15,18)(H,16,17)/p-1. The summed E-state index contributed by atoms with van der Waals surface area (Å²) in [5.41, 5.74) is 0.468. The Morgan fingerprint density at radius 3 is 2.42 bits per heavy atom. The van der Waals surface area contributed by atoms with Gasteiger partial charge in [0.25, 0.3) is 5.91 Å². The molecule has 0 fully saturated rings. The molecule has 1 aromatic rings. The van der Waals surface area contributed by atoms with E-state index in [1.165, 1.54) is 0 Å². The van der Waals surface area contributed by atoms with Crippen LogP contribution >= 0.6 is 0 Å². The summed E-state index contributed by atoms with van der Waals surface area (Å²) in [7, 11) is 0. The van der Waals surface area contributed by atoms with Crippen molar-refractivity contribution in [2.45, 2.75) is 20.3 Å². The minimum Gasteiger partial charge on any atom is -0.550 e. The second kappa shape index (κ2) is 7.41. The van der Waals surface area contributed by atoms with Crippen molar-refractivity contribution >= 4 is 11.9 Å². The van der Waals surface area contributed by atoms with Crippen LogP contribution in [0.3, 0.4) is 0 Å². The van der Waals surface area contributed by atoms with Crippen LogP contribution in [-0.2, 0) is 4.79 Å². The zero-order valence-electron chi connectivity index (χ0n) is 11.1. The van der Waals surface area contributed by atoms with Gasteiger partial charge in [0.05, 0.1) is 6.61 Å². The van der Waals surface area contributed by atoms with E-state index in [1.807, 2.05) is 0 Å². The summed E-state index contributed by atoms with van der Waals surface area (Å²) in [5, 5.41) is 12.7. The Morgan fingerprint density at radius 1 is 1.26 bits per heavy atom. The number of rotatable bonds is 7. The first-order chi connectivity index (χ1) is 8.99. The quantitative estimate of drug-likeness (QED) is 0.782. The molecule has 0 aliphatic heterocycles. The normalized spacial score (nSPS) is 10.3. The number of hydrogen-bond donors (Lipinski definition) is 1. The van der Waals surface area contributed by atoms with Crippen molar-refractivity contribution < 1.29 is 19.4 Å². The van der Waals surface area contributed by atoms with Gasteiger partial charge in [0.1, 0.15) is 5.75 Å². The molecule has 0 bridgehead atoms. The minimum absolute atomic E-state index is 0.0623. The summed E-state index contributed by atoms with van der Waals surface area (Å²) in [6.07, 6.45) is -0.193. The van der Waals surface area contributed by atoms with Crippen LogP contribution in [0.25, 0.3) is 0 Å². The predicted molar refractivity (Wildman–Crippen MR) is 68.7 cm³/mol. The molecule has 19 heavy (non-hydrogen) atoms. The number of hydrogen-bond acceptors (Lipinski definition) is 4. The maximum absolute atomic E-state index is 11.6. The Bertz CT molecular complexity index is 426. The molecule has 1 amide bonds. The first kappa shape index (κ1) is 15.0. The van der Waals surface area contributed by atoms with Crippen molar-refractivity contribution in [1.82, 2.24) is 5.32 Å². The molecular weight excluding hydrogens is 246 g/mol. The van der Waals surface area contributed by atoms with Gasteiger partial charge in [-0.05, 0) is 30.2 Å². The average molecular weight is 264 g/mol. The molecule has 0 heterocycles. The Balaban J connectivity index is 2.46. The van der Waals surface area contributed by atoms with Crippen LogP contribution in [-0.4, -0.2) is 25.0 Å². The van der Waals surface area contributed by atoms with Crippen LogP contribution in [0.5, 0.6) is 5.75 Å². The number of nitrogens with one attached hydrogen (secondary N) is 1. The van der Waals surface area contributed by atoms with E-state index in [1.54, 1.807) is 24.3 Å². The zero-order valence-corrected chi connectivity index (χ0v) is 11.1. The fourth-order valence-corrected chi connectivity index (χ4v) is 1.35. The molecule has 0 radical (unpaired) electrons. The molecule has 1 rings (SSSR count). The summed E-state index contributed by atoms with van der Waals surface area (Å²) in [6.45, 7) is 4.79. The minimum atomic E-state index is -1.18. The van der Waals surface area contributed by atoms with Gasteiger partial charge < -0.3 is 20.0 Å². The predicted octanol–water partition coefficient (Wildman–Crippen LogP) is 0.591. The topological polar surface area (TPSA) is 78.5 Å². The number of benzene rings is 1. The number of amides is 1. The van der Waals surface area contributed by atoms with Gasteiger partial charge in [-0.15, -0.1) is 0 Å². The lowest BCUT2D eigenvalue weighted by Crippen LogP contribution is -2.30. The monoisotopic (exact) mass is 264 g/mol. The van der Waals surface area contributed by atoms with Crippen LogP contribution in [0, 0.1) is 5.92 Å². The van der Waals surface area contributed by atoms with Crippen molar-refractivity contribution in [1.29, 1.82) is 0 Å². The number of carbonyl (C=O) groups is 2. The molecule has 0 spiro atoms. The van der Waals surface area contributed by atoms with Gasteiger partial charge in [-0.25, -0.2) is 0 Å². The first-order valence-corrected chi connectivity index (χ1v) is 6.20. The van der Waals surface area contributed by atoms with Gasteiger partial charge in [-0.2, -0.15) is 0 Å². The third-order valence-electron chi connectivity index (χ3n) is 2.31. The Hall–Kier alpha value is -2.04. The molecule has 104 valence electrons. The van der Waals surface area contributed by atoms with Crippen molar-refractivity contribution in [3.8, 4) is 5.75 Å². The van der Waals surface area contributed by atoms with E-state index in [0.29, 0.717) is 23.8 Å². The smallest absolute Gasteiger partial charge is 0.251 e. The molecule has 5 heteroatoms. The molecule has 0 aliphatic rings. The van der Waals surface area contributed by atoms with E-state index >= 15 is 0 Å². The van der Waals surface area contributed by atoms with Gasteiger partial charge in [-0.3, -0.25) is 4.79 Å². The maximum atomic E-state index is 11.6. The Labute approximate surface area is 112 Å². The average Bonchev–Trinajstić information content (AvgIpc) is 2.36. The molecule has 1 N–H and O–H groups in total. The Morgan fingerprint density at radius 2 is 1.89 bits per heavy atom. The van der Waals surface area contributed by atoms with Crippen molar-refractivity contribution in [2.24, 2.45) is 5.92 Å². The van der Waals surface area contributed by atoms with Gasteiger partial charge >= 0.3 is 0 Å². The lowest BCUT2D eigenvalue weighted by molar-refractivity contribution is -0.305. The van der Waals surface area contributed by atoms with Crippen LogP contribution < -0.4 is 15.2 Å². The molecule has 0 aromatic heterocycles. The third-order valence-corrected chi connectivity index (χ3v) is 2.31. The molecule has 0 unspecified atom stereocenters. The van der Waals surface area contributed by atoms with Gasteiger partial charge in [0, 0.05) is 24.5 Å². The fourth-order valence-electron chi connectivity index (χ4n) is 1.35. The van der Waals surface area contributed by atoms with Gasteiger partial charge in [0.2, 0.25) is 0 Å². The van der Waals surface area contributed by atoms with Crippen molar-refractivity contribution in [3.05, 3.63) is 29.8 Å². The Kier molecular flexibility index (Phi) is 5.85. The van der Waals surface area contributed by atoms with E-state index in [9.17, 15) is 14.7 Å². The number of ether oxygens (including phenoxy) is 1. The number of aliphatic carboxylic acids is 1. The maximum Gasteiger partial charge on any atom is 0.251 e. The van der Waals surface area contributed by atoms with E-state index in [0.717, 1.165) is 0 Å². The van der Waals surface area contributed by atoms with E-state index < -0.39 is 5.97 Å². The highest BCUT2D eigenvalue weighted by molar-refractivity contribution is 5.94. The summed E-state index contributed by atoms with van der Waals surface area (Å²) in [5.74, 6) is -0.345. The number of carboxylic acid groups (broad SMARTS) is 1. The first-order valence-electron chi connectivity index (χ1n) is 6.20. The second-order valence-electron chi connectivity index (χ2n) is 4.61. The fraction of sp³-hybridized carbons (Fsp3) is 0.429. The van der Waals surface area contributed by atoms with E-state index in [-0.39, 0.29) is 18.9 Å². The van der Waals surface area contributed by atoms with Crippen molar-refractivity contribution in [2.75, 3.05) is 13.2 Å². The lowest BCUT2D eigenvalue weighted by Gasteiger charge is -2.09. The summed E-state index contributed by atoms with van der Waals surface area (Å²) in [6, 6.07) is 6.72. The molecule has 0 saturated carbocycles. The largest absolute Gasteiger partial charge is 0.550 e. The zero-order chi connectivity index (χ0) is 14.3. The summed E-state index contributed by atoms with van der Waals surface area (Å²) in [4.78, 5) is 21.8. The summed E-state index contributed by atoms with van der Waals surface area (Å²) >= 11 is 0. The highest BCUT2D eigenvalue weighted by atomic mass is 16.5. The number of carboxylic acids is 1. The highest BCUT2D eigenvalue weighted by Gasteiger charge is 2.05. The van der Waals surface area contributed by atoms with Crippen molar-refractivity contribution in [3.63, 3.8) is 0 Å². The third kappa shape index (κ3) is 5.90. The van der Waals surface area contributed by atoms with Gasteiger partial charge in [-0.1, -0.05) is 13.8 Å². The lowest BCUT2D eigenvalue weighted by atomic mass is 10.2. The molecule has 5 nitrogen and oxygen atoms in total. The molecule has 0 aliphatic carbocycles. The van der Waals surface area contributed by atoms with Crippen LogP contribution in [0.15, 0.2) is 24.3 Å². The van der Waals surface area contributed by atoms with Crippen LogP contribution in [0.1, 0.15) is 30.6 Å². The second-order valence-corrected chi connectivity index (χ2v) is 4.61. The molecular formula is C14H18NO4-. The van der Waals surface area contributed by atoms with Crippen LogP contribution in [0.2, 0.25) is 0 Å². The SMILES string of the molecule is CC(C)COc1ccc(C(=O)NCCC(=O)[O-])cc1. The van der Waals surface area contributed by atoms with Crippen LogP contribution in [0.4, 0.5) is 0 Å². The number of carbonyl (C=O) groups excluding carboxylic acids is 2. The summed E-state index contributed by atoms with van der Waals surface area (Å²) < 4.78 is 5.50. The van der Waals surface area contributed by atoms with Gasteiger partial charge in [0.15, 0.2) is 0 Å². The molecule has 1 aromatic carbocycles. The highest BCUT2D eigenvalue weighted by Crippen LogP contribution is 2.13. The van der Waals surface area contributed by atoms with E-state index in [2.05, 4.69) is 19.2 Å². The molecule has 0 saturated heterocycles. The molecule has 0 atom stereocenters.